The minimum Gasteiger partial charge on any atom is -0.378 e. The van der Waals surface area contributed by atoms with Gasteiger partial charge in [0.2, 0.25) is 0 Å². The van der Waals surface area contributed by atoms with Gasteiger partial charge in [0, 0.05) is 33.1 Å². The average molecular weight is 338 g/mol. The van der Waals surface area contributed by atoms with Gasteiger partial charge in [0.1, 0.15) is 0 Å². The fourth-order valence-corrected chi connectivity index (χ4v) is 5.30. The molecule has 5 nitrogen and oxygen atoms in total. The second kappa shape index (κ2) is 6.17. The maximum atomic E-state index is 12.8. The van der Waals surface area contributed by atoms with E-state index in [1.165, 1.54) is 38.5 Å². The maximum Gasteiger partial charge on any atom is 0.317 e. The van der Waals surface area contributed by atoms with Crippen molar-refractivity contribution in [3.05, 3.63) is 0 Å². The molecule has 3 aliphatic carbocycles. The molecule has 0 spiro atoms. The van der Waals surface area contributed by atoms with Gasteiger partial charge in [0.25, 0.3) is 0 Å². The van der Waals surface area contributed by atoms with Crippen LogP contribution in [-0.2, 0) is 4.74 Å². The van der Waals surface area contributed by atoms with Crippen molar-refractivity contribution in [3.63, 3.8) is 0 Å². The van der Waals surface area contributed by atoms with Crippen molar-refractivity contribution < 1.29 is 11.0 Å². The van der Waals surface area contributed by atoms with E-state index >= 15 is 0 Å². The number of nitrogens with zero attached hydrogens (tertiary/aromatic N) is 2. The first-order valence-corrected chi connectivity index (χ1v) is 9.91. The van der Waals surface area contributed by atoms with E-state index in [1.54, 1.807) is 0 Å². The van der Waals surface area contributed by atoms with Crippen LogP contribution in [0.4, 0.5) is 4.79 Å². The van der Waals surface area contributed by atoms with Crippen LogP contribution < -0.4 is 5.32 Å². The van der Waals surface area contributed by atoms with Gasteiger partial charge in [-0.05, 0) is 49.9 Å². The van der Waals surface area contributed by atoms with E-state index in [4.69, 9.17) is 4.74 Å². The highest BCUT2D eigenvalue weighted by atomic mass is 16.5. The number of hydrogen-bond donors (Lipinski definition) is 1. The minimum atomic E-state index is 0. The van der Waals surface area contributed by atoms with Crippen LogP contribution in [0.5, 0.6) is 0 Å². The molecule has 3 saturated carbocycles. The highest BCUT2D eigenvalue weighted by Crippen LogP contribution is 2.55. The number of amides is 2. The summed E-state index contributed by atoms with van der Waals surface area (Å²) in [7, 11) is 0. The van der Waals surface area contributed by atoms with Crippen LogP contribution in [0.1, 0.15) is 53.8 Å². The number of fused-ring (bicyclic) bond motifs is 3. The van der Waals surface area contributed by atoms with Crippen molar-refractivity contribution in [3.8, 4) is 0 Å². The van der Waals surface area contributed by atoms with Crippen molar-refractivity contribution in [2.24, 2.45) is 11.3 Å². The Kier molecular flexibility index (Phi) is 4.28. The number of hydrogen-bond acceptors (Lipinski definition) is 3. The van der Waals surface area contributed by atoms with Crippen LogP contribution in [0.3, 0.4) is 0 Å². The Morgan fingerprint density at radius 2 is 1.62 bits per heavy atom. The Hall–Kier alpha value is -0.810. The van der Waals surface area contributed by atoms with E-state index in [0.29, 0.717) is 11.5 Å². The van der Waals surface area contributed by atoms with Gasteiger partial charge in [-0.1, -0.05) is 13.8 Å². The maximum absolute atomic E-state index is 12.8. The number of carbonyl (C=O) groups is 1. The van der Waals surface area contributed by atoms with Crippen LogP contribution in [0, 0.1) is 11.3 Å². The SMILES string of the molecule is CC(C)C12CCC(NC(=O)N3CCN(C4COC4)CC3)(CC1)CC2.[HH]. The largest absolute Gasteiger partial charge is 0.378 e. The van der Waals surface area contributed by atoms with E-state index in [9.17, 15) is 4.79 Å². The van der Waals surface area contributed by atoms with Crippen LogP contribution in [0.25, 0.3) is 0 Å². The van der Waals surface area contributed by atoms with Gasteiger partial charge in [-0.15, -0.1) is 0 Å². The molecule has 2 bridgehead atoms. The number of urea groups is 1. The highest BCUT2D eigenvalue weighted by Gasteiger charge is 2.50. The molecule has 0 aromatic rings. The summed E-state index contributed by atoms with van der Waals surface area (Å²) in [5.74, 6) is 0.773. The Balaban J connectivity index is 0.00000182. The summed E-state index contributed by atoms with van der Waals surface area (Å²) in [6.45, 7) is 10.2. The van der Waals surface area contributed by atoms with E-state index in [-0.39, 0.29) is 13.0 Å². The monoisotopic (exact) mass is 337 g/mol. The van der Waals surface area contributed by atoms with Crippen molar-refractivity contribution in [2.45, 2.75) is 64.0 Å². The quantitative estimate of drug-likeness (QED) is 0.861. The molecule has 0 atom stereocenters. The molecule has 5 rings (SSSR count). The lowest BCUT2D eigenvalue weighted by molar-refractivity contribution is -0.0744. The van der Waals surface area contributed by atoms with Crippen LogP contribution in [0.15, 0.2) is 0 Å². The van der Waals surface area contributed by atoms with Gasteiger partial charge in [0.05, 0.1) is 19.3 Å². The third kappa shape index (κ3) is 2.84. The summed E-state index contributed by atoms with van der Waals surface area (Å²) in [6, 6.07) is 0.771. The Bertz CT molecular complexity index is 463. The standard InChI is InChI=1S/C19H33N3O2.H2/c1-15(2)18-3-6-19(7-4-18,8-5-18)20-17(23)22-11-9-21(10-12-22)16-13-24-14-16;/h15-16H,3-14H2,1-2H3,(H,20,23);1H. The van der Waals surface area contributed by atoms with E-state index in [2.05, 4.69) is 24.1 Å². The molecule has 5 fully saturated rings. The lowest BCUT2D eigenvalue weighted by Gasteiger charge is -2.56. The number of carbonyl (C=O) groups excluding carboxylic acids is 1. The predicted octanol–water partition coefficient (Wildman–Crippen LogP) is 2.71. The molecular weight excluding hydrogens is 302 g/mol. The number of nitrogens with one attached hydrogen (secondary N) is 1. The molecule has 0 aromatic carbocycles. The van der Waals surface area contributed by atoms with Crippen molar-refractivity contribution >= 4 is 6.03 Å². The second-order valence-electron chi connectivity index (χ2n) is 8.94. The molecule has 24 heavy (non-hydrogen) atoms. The fraction of sp³-hybridized carbons (Fsp3) is 0.947. The van der Waals surface area contributed by atoms with Gasteiger partial charge in [0.15, 0.2) is 0 Å². The normalized spacial score (nSPS) is 37.5. The van der Waals surface area contributed by atoms with E-state index in [1.807, 2.05) is 4.90 Å². The second-order valence-corrected chi connectivity index (χ2v) is 8.94. The number of ether oxygens (including phenoxy) is 1. The summed E-state index contributed by atoms with van der Waals surface area (Å²) in [5, 5.41) is 3.46. The lowest BCUT2D eigenvalue weighted by atomic mass is 9.53. The zero-order valence-corrected chi connectivity index (χ0v) is 15.4. The minimum absolute atomic E-state index is 0. The number of piperazine rings is 1. The first-order valence-electron chi connectivity index (χ1n) is 9.91. The van der Waals surface area contributed by atoms with Gasteiger partial charge >= 0.3 is 6.03 Å². The zero-order chi connectivity index (χ0) is 16.8. The first-order chi connectivity index (χ1) is 11.5. The van der Waals surface area contributed by atoms with E-state index < -0.39 is 0 Å². The Morgan fingerprint density at radius 1 is 1.04 bits per heavy atom. The summed E-state index contributed by atoms with van der Waals surface area (Å²) < 4.78 is 5.29. The van der Waals surface area contributed by atoms with Crippen molar-refractivity contribution in [2.75, 3.05) is 39.4 Å². The van der Waals surface area contributed by atoms with Gasteiger partial charge < -0.3 is 15.0 Å². The molecule has 0 radical (unpaired) electrons. The molecule has 2 saturated heterocycles. The average Bonchev–Trinajstić information content (AvgIpc) is 2.55. The Morgan fingerprint density at radius 3 is 2.08 bits per heavy atom. The van der Waals surface area contributed by atoms with Gasteiger partial charge in [-0.25, -0.2) is 4.79 Å². The smallest absolute Gasteiger partial charge is 0.317 e. The molecule has 2 heterocycles. The molecule has 1 N–H and O–H groups in total. The molecular formula is C19H35N3O2. The summed E-state index contributed by atoms with van der Waals surface area (Å²) >= 11 is 0. The van der Waals surface area contributed by atoms with Crippen molar-refractivity contribution in [1.29, 1.82) is 0 Å². The lowest BCUT2D eigenvalue weighted by Crippen LogP contribution is -2.63. The number of rotatable bonds is 3. The van der Waals surface area contributed by atoms with Crippen molar-refractivity contribution in [1.82, 2.24) is 15.1 Å². The molecule has 0 unspecified atom stereocenters. The molecule has 5 heteroatoms. The fourth-order valence-electron chi connectivity index (χ4n) is 5.30. The van der Waals surface area contributed by atoms with Crippen LogP contribution in [-0.4, -0.2) is 66.8 Å². The molecule has 2 amide bonds. The van der Waals surface area contributed by atoms with E-state index in [0.717, 1.165) is 45.3 Å². The zero-order valence-electron chi connectivity index (χ0n) is 15.4. The third-order valence-electron chi connectivity index (χ3n) is 7.64. The highest BCUT2D eigenvalue weighted by molar-refractivity contribution is 5.75. The summed E-state index contributed by atoms with van der Waals surface area (Å²) in [5.41, 5.74) is 0.648. The topological polar surface area (TPSA) is 44.8 Å². The summed E-state index contributed by atoms with van der Waals surface area (Å²) in [4.78, 5) is 17.3. The van der Waals surface area contributed by atoms with Gasteiger partial charge in [-0.3, -0.25) is 4.90 Å². The van der Waals surface area contributed by atoms with Crippen LogP contribution in [0.2, 0.25) is 0 Å². The summed E-state index contributed by atoms with van der Waals surface area (Å²) in [6.07, 6.45) is 7.41. The molecule has 138 valence electrons. The third-order valence-corrected chi connectivity index (χ3v) is 7.64. The molecule has 2 aliphatic heterocycles. The Labute approximate surface area is 147 Å². The molecule has 5 aliphatic rings. The first kappa shape index (κ1) is 16.6. The molecule has 0 aromatic heterocycles. The van der Waals surface area contributed by atoms with Gasteiger partial charge in [-0.2, -0.15) is 0 Å². The van der Waals surface area contributed by atoms with Crippen LogP contribution >= 0.6 is 0 Å². The predicted molar refractivity (Wildman–Crippen MR) is 96.1 cm³/mol.